The molecule has 2 aliphatic rings. The fourth-order valence-corrected chi connectivity index (χ4v) is 3.05. The smallest absolute Gasteiger partial charge is 0.407 e. The number of hydrogen-bond donors (Lipinski definition) is 2. The molecule has 0 aromatic rings. The maximum absolute atomic E-state index is 12.1. The third kappa shape index (κ3) is 6.13. The number of amides is 1. The van der Waals surface area contributed by atoms with E-state index in [2.05, 4.69) is 5.32 Å². The molecular formula is C17H29NO7. The van der Waals surface area contributed by atoms with Crippen LogP contribution in [0.25, 0.3) is 0 Å². The Balaban J connectivity index is 2.00. The number of carboxylic acids is 1. The molecule has 25 heavy (non-hydrogen) atoms. The zero-order valence-corrected chi connectivity index (χ0v) is 15.5. The summed E-state index contributed by atoms with van der Waals surface area (Å²) in [7, 11) is 0. The maximum Gasteiger partial charge on any atom is 0.407 e. The third-order valence-corrected chi connectivity index (χ3v) is 4.07. The maximum atomic E-state index is 12.1. The topological polar surface area (TPSA) is 103 Å². The summed E-state index contributed by atoms with van der Waals surface area (Å²) in [6.45, 7) is 9.41. The van der Waals surface area contributed by atoms with Crippen molar-refractivity contribution in [1.29, 1.82) is 0 Å². The first-order valence-electron chi connectivity index (χ1n) is 8.65. The van der Waals surface area contributed by atoms with Gasteiger partial charge in [0.05, 0.1) is 24.9 Å². The molecule has 0 aromatic carbocycles. The summed E-state index contributed by atoms with van der Waals surface area (Å²) in [4.78, 5) is 23.3. The lowest BCUT2D eigenvalue weighted by atomic mass is 9.94. The Bertz CT molecular complexity index is 500. The normalized spacial score (nSPS) is 32.2. The van der Waals surface area contributed by atoms with Gasteiger partial charge in [-0.05, 0) is 47.5 Å². The first kappa shape index (κ1) is 19.9. The molecule has 0 saturated carbocycles. The van der Waals surface area contributed by atoms with Crippen molar-refractivity contribution < 1.29 is 33.6 Å². The molecule has 2 saturated heterocycles. The van der Waals surface area contributed by atoms with Gasteiger partial charge in [0.15, 0.2) is 11.9 Å². The highest BCUT2D eigenvalue weighted by molar-refractivity contribution is 5.72. The zero-order chi connectivity index (χ0) is 18.8. The molecule has 8 heteroatoms. The lowest BCUT2D eigenvalue weighted by Gasteiger charge is -2.36. The van der Waals surface area contributed by atoms with Crippen molar-refractivity contribution in [3.63, 3.8) is 0 Å². The van der Waals surface area contributed by atoms with E-state index in [0.29, 0.717) is 25.9 Å². The first-order valence-corrected chi connectivity index (χ1v) is 8.65. The number of rotatable bonds is 4. The summed E-state index contributed by atoms with van der Waals surface area (Å²) in [5.74, 6) is -1.66. The standard InChI is InChI=1S/C17H29NO7/c1-16(2,3)25-15(21)18-11-6-7-12(14(19)20)23-13(11)8-10-9-22-17(4,5)24-10/h10-13H,6-9H2,1-5H3,(H,18,21)(H,19,20)/t10?,11-,12+,13-/m1/s1. The summed E-state index contributed by atoms with van der Waals surface area (Å²) >= 11 is 0. The van der Waals surface area contributed by atoms with Crippen LogP contribution in [0.4, 0.5) is 4.79 Å². The van der Waals surface area contributed by atoms with Gasteiger partial charge >= 0.3 is 12.1 Å². The molecule has 0 spiro atoms. The van der Waals surface area contributed by atoms with Gasteiger partial charge in [-0.2, -0.15) is 0 Å². The van der Waals surface area contributed by atoms with Crippen LogP contribution in [0.5, 0.6) is 0 Å². The van der Waals surface area contributed by atoms with Crippen LogP contribution in [0, 0.1) is 0 Å². The molecule has 2 rings (SSSR count). The van der Waals surface area contributed by atoms with Crippen LogP contribution in [-0.4, -0.2) is 59.5 Å². The number of nitrogens with one attached hydrogen (secondary N) is 1. The van der Waals surface area contributed by atoms with Crippen molar-refractivity contribution in [2.75, 3.05) is 6.61 Å². The average molecular weight is 359 g/mol. The number of alkyl carbamates (subject to hydrolysis) is 1. The van der Waals surface area contributed by atoms with E-state index in [-0.39, 0.29) is 12.1 Å². The molecular weight excluding hydrogens is 330 g/mol. The number of carbonyl (C=O) groups excluding carboxylic acids is 1. The molecule has 144 valence electrons. The van der Waals surface area contributed by atoms with Crippen molar-refractivity contribution in [2.24, 2.45) is 0 Å². The van der Waals surface area contributed by atoms with Crippen molar-refractivity contribution in [1.82, 2.24) is 5.32 Å². The highest BCUT2D eigenvalue weighted by Crippen LogP contribution is 2.30. The van der Waals surface area contributed by atoms with Gasteiger partial charge in [0.1, 0.15) is 5.60 Å². The summed E-state index contributed by atoms with van der Waals surface area (Å²) in [5, 5.41) is 12.0. The predicted octanol–water partition coefficient (Wildman–Crippen LogP) is 2.05. The Morgan fingerprint density at radius 1 is 1.28 bits per heavy atom. The molecule has 0 radical (unpaired) electrons. The summed E-state index contributed by atoms with van der Waals surface area (Å²) in [6, 6.07) is -0.335. The van der Waals surface area contributed by atoms with Crippen molar-refractivity contribution >= 4 is 12.1 Å². The van der Waals surface area contributed by atoms with Crippen molar-refractivity contribution in [3.05, 3.63) is 0 Å². The largest absolute Gasteiger partial charge is 0.479 e. The molecule has 0 aromatic heterocycles. The lowest BCUT2D eigenvalue weighted by Crippen LogP contribution is -2.52. The zero-order valence-electron chi connectivity index (χ0n) is 15.5. The van der Waals surface area contributed by atoms with Gasteiger partial charge < -0.3 is 29.4 Å². The monoisotopic (exact) mass is 359 g/mol. The molecule has 4 atom stereocenters. The summed E-state index contributed by atoms with van der Waals surface area (Å²) < 4.78 is 22.3. The molecule has 1 unspecified atom stereocenters. The van der Waals surface area contributed by atoms with E-state index in [0.717, 1.165) is 0 Å². The molecule has 8 nitrogen and oxygen atoms in total. The van der Waals surface area contributed by atoms with Gasteiger partial charge in [-0.1, -0.05) is 0 Å². The van der Waals surface area contributed by atoms with Gasteiger partial charge in [-0.3, -0.25) is 0 Å². The average Bonchev–Trinajstić information content (AvgIpc) is 2.77. The van der Waals surface area contributed by atoms with Crippen LogP contribution in [0.3, 0.4) is 0 Å². The second-order valence-electron chi connectivity index (χ2n) is 8.02. The quantitative estimate of drug-likeness (QED) is 0.792. The number of carboxylic acid groups (broad SMARTS) is 1. The Morgan fingerprint density at radius 3 is 2.48 bits per heavy atom. The minimum Gasteiger partial charge on any atom is -0.479 e. The summed E-state index contributed by atoms with van der Waals surface area (Å²) in [6.07, 6.45) is -0.841. The van der Waals surface area contributed by atoms with Gasteiger partial charge in [0, 0.05) is 6.42 Å². The second kappa shape index (κ2) is 7.47. The van der Waals surface area contributed by atoms with E-state index in [1.165, 1.54) is 0 Å². The number of ether oxygens (including phenoxy) is 4. The number of carbonyl (C=O) groups is 2. The van der Waals surface area contributed by atoms with Crippen LogP contribution < -0.4 is 5.32 Å². The van der Waals surface area contributed by atoms with Crippen molar-refractivity contribution in [3.8, 4) is 0 Å². The second-order valence-corrected chi connectivity index (χ2v) is 8.02. The molecule has 2 aliphatic heterocycles. The summed E-state index contributed by atoms with van der Waals surface area (Å²) in [5.41, 5.74) is -0.606. The van der Waals surface area contributed by atoms with Crippen LogP contribution in [-0.2, 0) is 23.7 Å². The predicted molar refractivity (Wildman–Crippen MR) is 88.2 cm³/mol. The van der Waals surface area contributed by atoms with Crippen LogP contribution >= 0.6 is 0 Å². The van der Waals surface area contributed by atoms with Gasteiger partial charge in [-0.15, -0.1) is 0 Å². The Morgan fingerprint density at radius 2 is 1.96 bits per heavy atom. The van der Waals surface area contributed by atoms with Gasteiger partial charge in [0.2, 0.25) is 0 Å². The van der Waals surface area contributed by atoms with Crippen LogP contribution in [0.2, 0.25) is 0 Å². The first-order chi connectivity index (χ1) is 11.5. The minimum atomic E-state index is -0.996. The molecule has 0 bridgehead atoms. The van der Waals surface area contributed by atoms with E-state index < -0.39 is 35.7 Å². The minimum absolute atomic E-state index is 0.213. The Labute approximate surface area is 148 Å². The number of aliphatic carboxylic acids is 1. The van der Waals surface area contributed by atoms with E-state index >= 15 is 0 Å². The molecule has 2 N–H and O–H groups in total. The Kier molecular flexibility index (Phi) is 5.96. The van der Waals surface area contributed by atoms with E-state index in [4.69, 9.17) is 18.9 Å². The lowest BCUT2D eigenvalue weighted by molar-refractivity contribution is -0.167. The van der Waals surface area contributed by atoms with Crippen LogP contribution in [0.15, 0.2) is 0 Å². The highest BCUT2D eigenvalue weighted by Gasteiger charge is 2.41. The van der Waals surface area contributed by atoms with E-state index in [1.807, 2.05) is 13.8 Å². The molecule has 2 heterocycles. The van der Waals surface area contributed by atoms with Crippen molar-refractivity contribution in [2.45, 2.75) is 89.6 Å². The van der Waals surface area contributed by atoms with Crippen LogP contribution in [0.1, 0.15) is 53.9 Å². The SMILES string of the molecule is CC(C)(C)OC(=O)N[C@@H]1CC[C@@H](C(=O)O)O[C@@H]1CC1COC(C)(C)O1. The molecule has 0 aliphatic carbocycles. The third-order valence-electron chi connectivity index (χ3n) is 4.07. The van der Waals surface area contributed by atoms with Gasteiger partial charge in [-0.25, -0.2) is 9.59 Å². The highest BCUT2D eigenvalue weighted by atomic mass is 16.7. The van der Waals surface area contributed by atoms with Gasteiger partial charge in [0.25, 0.3) is 0 Å². The molecule has 2 fully saturated rings. The van der Waals surface area contributed by atoms with E-state index in [1.54, 1.807) is 20.8 Å². The van der Waals surface area contributed by atoms with E-state index in [9.17, 15) is 14.7 Å². The fourth-order valence-electron chi connectivity index (χ4n) is 3.05. The Hall–Kier alpha value is -1.38. The number of hydrogen-bond acceptors (Lipinski definition) is 6. The molecule has 1 amide bonds. The fraction of sp³-hybridized carbons (Fsp3) is 0.882.